The largest absolute Gasteiger partial charge is 0.495 e. The lowest BCUT2D eigenvalue weighted by Gasteiger charge is -2.25. The first kappa shape index (κ1) is 29.6. The molecule has 0 bridgehead atoms. The number of hydrogen-bond donors (Lipinski definition) is 4. The number of anilines is 2. The van der Waals surface area contributed by atoms with Gasteiger partial charge in [-0.2, -0.15) is 5.26 Å². The molecule has 1 heterocycles. The zero-order valence-corrected chi connectivity index (χ0v) is 23.5. The summed E-state index contributed by atoms with van der Waals surface area (Å²) < 4.78 is 5.29. The summed E-state index contributed by atoms with van der Waals surface area (Å²) in [5, 5.41) is 30.0. The van der Waals surface area contributed by atoms with Crippen LogP contribution in [0.3, 0.4) is 0 Å². The molecule has 41 heavy (non-hydrogen) atoms. The molecular formula is C32H37N5O4. The molecule has 2 atom stereocenters. The van der Waals surface area contributed by atoms with Gasteiger partial charge >= 0.3 is 0 Å². The first-order chi connectivity index (χ1) is 19.9. The van der Waals surface area contributed by atoms with E-state index >= 15 is 0 Å². The first-order valence-electron chi connectivity index (χ1n) is 13.9. The fraction of sp³-hybridized carbons (Fsp3) is 0.344. The van der Waals surface area contributed by atoms with Crippen LogP contribution in [-0.4, -0.2) is 55.8 Å². The monoisotopic (exact) mass is 555 g/mol. The van der Waals surface area contributed by atoms with Crippen LogP contribution >= 0.6 is 0 Å². The Morgan fingerprint density at radius 3 is 2.61 bits per heavy atom. The smallest absolute Gasteiger partial charge is 0.251 e. The minimum Gasteiger partial charge on any atom is -0.495 e. The number of aliphatic hydroxyl groups excluding tert-OH is 1. The summed E-state index contributed by atoms with van der Waals surface area (Å²) >= 11 is 0. The maximum Gasteiger partial charge on any atom is 0.251 e. The predicted octanol–water partition coefficient (Wildman–Crippen LogP) is 3.62. The van der Waals surface area contributed by atoms with E-state index in [4.69, 9.17) is 4.74 Å². The van der Waals surface area contributed by atoms with Gasteiger partial charge in [-0.15, -0.1) is 0 Å². The zero-order valence-electron chi connectivity index (χ0n) is 23.5. The third-order valence-electron chi connectivity index (χ3n) is 7.09. The normalized spacial score (nSPS) is 14.3. The van der Waals surface area contributed by atoms with Crippen LogP contribution in [0.5, 0.6) is 5.75 Å². The Bertz CT molecular complexity index is 1390. The quantitative estimate of drug-likeness (QED) is 0.254. The van der Waals surface area contributed by atoms with Gasteiger partial charge in [-0.3, -0.25) is 9.59 Å². The molecule has 3 aromatic carbocycles. The van der Waals surface area contributed by atoms with Crippen LogP contribution in [0.25, 0.3) is 0 Å². The molecule has 0 saturated carbocycles. The van der Waals surface area contributed by atoms with Crippen LogP contribution in [0.2, 0.25) is 0 Å². The molecule has 0 spiro atoms. The maximum absolute atomic E-state index is 13.6. The molecule has 0 unspecified atom stereocenters. The van der Waals surface area contributed by atoms with Crippen molar-refractivity contribution >= 4 is 23.2 Å². The standard InChI is InChI=1S/C32H37N5O4/c1-3-35-26-16-25(17-27(18-26)37-13-7-10-31(37)39)32(40)36-28(14-22-8-5-4-6-9-22)29(38)21-34-20-23-11-12-24(19-33)30(15-23)41-2/h4-6,8-9,11-12,15-18,28-29,34-35,38H,3,7,10,13-14,20-21H2,1-2H3,(H,36,40)/t28-,29+/m0/s1. The number of ether oxygens (including phenoxy) is 1. The number of hydrogen-bond acceptors (Lipinski definition) is 7. The second kappa shape index (κ2) is 14.3. The molecule has 4 N–H and O–H groups in total. The van der Waals surface area contributed by atoms with Crippen molar-refractivity contribution in [3.05, 3.63) is 89.0 Å². The molecule has 9 heteroatoms. The van der Waals surface area contributed by atoms with Crippen LogP contribution in [0.15, 0.2) is 66.7 Å². The van der Waals surface area contributed by atoms with E-state index in [0.717, 1.165) is 23.2 Å². The van der Waals surface area contributed by atoms with E-state index in [9.17, 15) is 20.0 Å². The van der Waals surface area contributed by atoms with Crippen molar-refractivity contribution in [2.75, 3.05) is 37.0 Å². The van der Waals surface area contributed by atoms with Gasteiger partial charge in [0.2, 0.25) is 5.91 Å². The van der Waals surface area contributed by atoms with Gasteiger partial charge in [0.15, 0.2) is 0 Å². The highest BCUT2D eigenvalue weighted by Crippen LogP contribution is 2.27. The van der Waals surface area contributed by atoms with Crippen molar-refractivity contribution in [3.8, 4) is 11.8 Å². The molecule has 2 amide bonds. The summed E-state index contributed by atoms with van der Waals surface area (Å²) in [6.07, 6.45) is 0.834. The molecule has 4 rings (SSSR count). The van der Waals surface area contributed by atoms with Gasteiger partial charge < -0.3 is 30.7 Å². The van der Waals surface area contributed by atoms with Crippen molar-refractivity contribution in [3.63, 3.8) is 0 Å². The van der Waals surface area contributed by atoms with Crippen molar-refractivity contribution in [2.24, 2.45) is 0 Å². The number of aliphatic hydroxyl groups is 1. The highest BCUT2D eigenvalue weighted by molar-refractivity contribution is 6.00. The zero-order chi connectivity index (χ0) is 29.2. The summed E-state index contributed by atoms with van der Waals surface area (Å²) in [5.74, 6) is 0.221. The van der Waals surface area contributed by atoms with Crippen LogP contribution in [0.4, 0.5) is 11.4 Å². The molecule has 1 aliphatic heterocycles. The Labute approximate surface area is 241 Å². The van der Waals surface area contributed by atoms with Gasteiger partial charge in [-0.05, 0) is 61.2 Å². The summed E-state index contributed by atoms with van der Waals surface area (Å²) in [6.45, 7) is 3.95. The van der Waals surface area contributed by atoms with Crippen LogP contribution in [0, 0.1) is 11.3 Å². The minimum atomic E-state index is -0.893. The van der Waals surface area contributed by atoms with Crippen LogP contribution < -0.4 is 25.6 Å². The summed E-state index contributed by atoms with van der Waals surface area (Å²) in [7, 11) is 1.52. The van der Waals surface area contributed by atoms with Crippen molar-refractivity contribution in [2.45, 2.75) is 44.9 Å². The fourth-order valence-electron chi connectivity index (χ4n) is 4.97. The second-order valence-corrected chi connectivity index (χ2v) is 10.1. The van der Waals surface area contributed by atoms with E-state index < -0.39 is 12.1 Å². The number of nitrogens with one attached hydrogen (secondary N) is 3. The number of amides is 2. The van der Waals surface area contributed by atoms with Gasteiger partial charge in [0, 0.05) is 49.5 Å². The number of nitriles is 1. The van der Waals surface area contributed by atoms with E-state index in [1.165, 1.54) is 7.11 Å². The molecule has 9 nitrogen and oxygen atoms in total. The maximum atomic E-state index is 13.6. The minimum absolute atomic E-state index is 0.0494. The van der Waals surface area contributed by atoms with E-state index in [2.05, 4.69) is 22.0 Å². The van der Waals surface area contributed by atoms with Crippen molar-refractivity contribution in [1.29, 1.82) is 5.26 Å². The number of carbonyl (C=O) groups excluding carboxylic acids is 2. The molecule has 1 aliphatic rings. The molecule has 3 aromatic rings. The van der Waals surface area contributed by atoms with Crippen LogP contribution in [0.1, 0.15) is 46.8 Å². The second-order valence-electron chi connectivity index (χ2n) is 10.1. The SMILES string of the molecule is CCNc1cc(C(=O)N[C@@H](Cc2ccccc2)[C@H](O)CNCc2ccc(C#N)c(OC)c2)cc(N2CCCC2=O)c1. The number of nitrogens with zero attached hydrogens (tertiary/aromatic N) is 2. The third-order valence-corrected chi connectivity index (χ3v) is 7.09. The molecule has 0 aliphatic carbocycles. The van der Waals surface area contributed by atoms with E-state index in [1.807, 2.05) is 49.4 Å². The molecular weight excluding hydrogens is 518 g/mol. The summed E-state index contributed by atoms with van der Waals surface area (Å²) in [4.78, 5) is 27.7. The fourth-order valence-corrected chi connectivity index (χ4v) is 4.97. The number of carbonyl (C=O) groups is 2. The summed E-state index contributed by atoms with van der Waals surface area (Å²) in [5.41, 5.74) is 4.21. The Morgan fingerprint density at radius 1 is 1.12 bits per heavy atom. The average molecular weight is 556 g/mol. The Balaban J connectivity index is 1.49. The molecule has 1 saturated heterocycles. The predicted molar refractivity (Wildman–Crippen MR) is 159 cm³/mol. The average Bonchev–Trinajstić information content (AvgIpc) is 3.42. The molecule has 0 radical (unpaired) electrons. The van der Waals surface area contributed by atoms with Crippen molar-refractivity contribution in [1.82, 2.24) is 10.6 Å². The highest BCUT2D eigenvalue weighted by Gasteiger charge is 2.26. The Hall–Kier alpha value is -4.39. The lowest BCUT2D eigenvalue weighted by atomic mass is 10.00. The first-order valence-corrected chi connectivity index (χ1v) is 13.9. The van der Waals surface area contributed by atoms with Crippen LogP contribution in [-0.2, 0) is 17.8 Å². The van der Waals surface area contributed by atoms with Gasteiger partial charge in [-0.25, -0.2) is 0 Å². The Morgan fingerprint density at radius 2 is 1.93 bits per heavy atom. The number of rotatable bonds is 13. The number of benzene rings is 3. The third kappa shape index (κ3) is 7.84. The van der Waals surface area contributed by atoms with Gasteiger partial charge in [0.05, 0.1) is 24.8 Å². The molecule has 1 fully saturated rings. The lowest BCUT2D eigenvalue weighted by Crippen LogP contribution is -2.48. The Kier molecular flexibility index (Phi) is 10.3. The van der Waals surface area contributed by atoms with Gasteiger partial charge in [0.1, 0.15) is 11.8 Å². The van der Waals surface area contributed by atoms with E-state index in [1.54, 1.807) is 29.2 Å². The molecule has 0 aromatic heterocycles. The molecule has 214 valence electrons. The van der Waals surface area contributed by atoms with Crippen molar-refractivity contribution < 1.29 is 19.4 Å². The van der Waals surface area contributed by atoms with E-state index in [0.29, 0.717) is 55.0 Å². The summed E-state index contributed by atoms with van der Waals surface area (Å²) in [6, 6.07) is 22.0. The van der Waals surface area contributed by atoms with E-state index in [-0.39, 0.29) is 18.4 Å². The lowest BCUT2D eigenvalue weighted by molar-refractivity contribution is -0.117. The van der Waals surface area contributed by atoms with Gasteiger partial charge in [0.25, 0.3) is 5.91 Å². The topological polar surface area (TPSA) is 127 Å². The number of methoxy groups -OCH3 is 1. The van der Waals surface area contributed by atoms with Gasteiger partial charge in [-0.1, -0.05) is 36.4 Å². The highest BCUT2D eigenvalue weighted by atomic mass is 16.5.